The van der Waals surface area contributed by atoms with E-state index < -0.39 is 0 Å². The summed E-state index contributed by atoms with van der Waals surface area (Å²) < 4.78 is 0.791. The van der Waals surface area contributed by atoms with Crippen molar-refractivity contribution in [3.8, 4) is 0 Å². The zero-order chi connectivity index (χ0) is 13.7. The van der Waals surface area contributed by atoms with Crippen LogP contribution in [0.25, 0.3) is 0 Å². The fourth-order valence-electron chi connectivity index (χ4n) is 2.28. The van der Waals surface area contributed by atoms with Crippen molar-refractivity contribution in [2.45, 2.75) is 19.4 Å². The lowest BCUT2D eigenvalue weighted by Crippen LogP contribution is -2.38. The third kappa shape index (κ3) is 4.34. The quantitative estimate of drug-likeness (QED) is 0.754. The fraction of sp³-hybridized carbons (Fsp3) is 0.500. The predicted molar refractivity (Wildman–Crippen MR) is 80.6 cm³/mol. The molecule has 0 unspecified atom stereocenters. The van der Waals surface area contributed by atoms with Crippen molar-refractivity contribution in [2.75, 3.05) is 26.2 Å². The summed E-state index contributed by atoms with van der Waals surface area (Å²) in [5.74, 6) is 0.224. The maximum absolute atomic E-state index is 12.2. The molecule has 1 aromatic rings. The van der Waals surface area contributed by atoms with Gasteiger partial charge in [0.05, 0.1) is 10.9 Å². The van der Waals surface area contributed by atoms with Crippen LogP contribution in [-0.2, 0) is 11.3 Å². The molecule has 0 aliphatic carbocycles. The molecule has 1 amide bonds. The Kier molecular flexibility index (Phi) is 5.43. The van der Waals surface area contributed by atoms with Gasteiger partial charge in [-0.3, -0.25) is 9.69 Å². The number of rotatable bonds is 6. The van der Waals surface area contributed by atoms with Crippen LogP contribution >= 0.6 is 22.9 Å². The molecule has 2 rings (SSSR count). The SMILES string of the molecule is C=CCN(CC(=O)N1CCCC1)Cc1ccc(Cl)s1. The van der Waals surface area contributed by atoms with Gasteiger partial charge in [0.1, 0.15) is 0 Å². The molecule has 0 atom stereocenters. The van der Waals surface area contributed by atoms with E-state index in [1.807, 2.05) is 23.1 Å². The van der Waals surface area contributed by atoms with Crippen LogP contribution in [0.5, 0.6) is 0 Å². The largest absolute Gasteiger partial charge is 0.342 e. The molecular weight excluding hydrogens is 280 g/mol. The number of likely N-dealkylation sites (tertiary alicyclic amines) is 1. The molecule has 1 aliphatic rings. The molecule has 2 heterocycles. The number of halogens is 1. The highest BCUT2D eigenvalue weighted by molar-refractivity contribution is 7.16. The molecule has 19 heavy (non-hydrogen) atoms. The maximum atomic E-state index is 12.2. The molecule has 5 heteroatoms. The van der Waals surface area contributed by atoms with E-state index in [4.69, 9.17) is 11.6 Å². The molecule has 0 N–H and O–H groups in total. The Bertz CT molecular complexity index is 440. The summed E-state index contributed by atoms with van der Waals surface area (Å²) in [4.78, 5) is 17.4. The lowest BCUT2D eigenvalue weighted by molar-refractivity contribution is -0.131. The van der Waals surface area contributed by atoms with Crippen LogP contribution in [0.1, 0.15) is 17.7 Å². The monoisotopic (exact) mass is 298 g/mol. The van der Waals surface area contributed by atoms with Crippen molar-refractivity contribution in [3.05, 3.63) is 34.0 Å². The molecule has 104 valence electrons. The van der Waals surface area contributed by atoms with Crippen LogP contribution in [0.2, 0.25) is 4.34 Å². The third-order valence-corrected chi connectivity index (χ3v) is 4.43. The number of hydrogen-bond donors (Lipinski definition) is 0. The summed E-state index contributed by atoms with van der Waals surface area (Å²) in [6.45, 7) is 7.51. The van der Waals surface area contributed by atoms with Gasteiger partial charge in [-0.2, -0.15) is 0 Å². The van der Waals surface area contributed by atoms with Crippen molar-refractivity contribution in [3.63, 3.8) is 0 Å². The summed E-state index contributed by atoms with van der Waals surface area (Å²) in [7, 11) is 0. The topological polar surface area (TPSA) is 23.6 Å². The molecule has 0 radical (unpaired) electrons. The van der Waals surface area contributed by atoms with Crippen LogP contribution in [0.15, 0.2) is 24.8 Å². The van der Waals surface area contributed by atoms with E-state index >= 15 is 0 Å². The molecule has 1 fully saturated rings. The lowest BCUT2D eigenvalue weighted by atomic mass is 10.3. The molecule has 0 aromatic carbocycles. The highest BCUT2D eigenvalue weighted by Gasteiger charge is 2.20. The minimum Gasteiger partial charge on any atom is -0.342 e. The van der Waals surface area contributed by atoms with Gasteiger partial charge in [-0.25, -0.2) is 0 Å². The molecule has 3 nitrogen and oxygen atoms in total. The average Bonchev–Trinajstić information content (AvgIpc) is 3.01. The van der Waals surface area contributed by atoms with E-state index in [0.717, 1.165) is 43.4 Å². The Morgan fingerprint density at radius 2 is 2.21 bits per heavy atom. The van der Waals surface area contributed by atoms with Gasteiger partial charge in [0.15, 0.2) is 0 Å². The molecule has 1 aliphatic heterocycles. The van der Waals surface area contributed by atoms with Gasteiger partial charge in [0, 0.05) is 31.1 Å². The highest BCUT2D eigenvalue weighted by Crippen LogP contribution is 2.22. The zero-order valence-corrected chi connectivity index (χ0v) is 12.6. The summed E-state index contributed by atoms with van der Waals surface area (Å²) >= 11 is 7.50. The van der Waals surface area contributed by atoms with E-state index in [9.17, 15) is 4.79 Å². The van der Waals surface area contributed by atoms with Crippen molar-refractivity contribution in [1.29, 1.82) is 0 Å². The average molecular weight is 299 g/mol. The van der Waals surface area contributed by atoms with Crippen LogP contribution in [-0.4, -0.2) is 41.9 Å². The second kappa shape index (κ2) is 7.08. The predicted octanol–water partition coefficient (Wildman–Crippen LogP) is 3.01. The molecule has 0 saturated carbocycles. The number of thiophene rings is 1. The first-order valence-corrected chi connectivity index (χ1v) is 7.73. The number of amides is 1. The number of carbonyl (C=O) groups excluding carboxylic acids is 1. The molecule has 0 spiro atoms. The zero-order valence-electron chi connectivity index (χ0n) is 11.0. The first-order chi connectivity index (χ1) is 9.19. The number of carbonyl (C=O) groups is 1. The van der Waals surface area contributed by atoms with Crippen molar-refractivity contribution < 1.29 is 4.79 Å². The van der Waals surface area contributed by atoms with Gasteiger partial charge in [0.25, 0.3) is 0 Å². The third-order valence-electron chi connectivity index (χ3n) is 3.21. The lowest BCUT2D eigenvalue weighted by Gasteiger charge is -2.23. The Morgan fingerprint density at radius 1 is 1.47 bits per heavy atom. The van der Waals surface area contributed by atoms with E-state index in [-0.39, 0.29) is 5.91 Å². The van der Waals surface area contributed by atoms with Gasteiger partial charge in [-0.05, 0) is 25.0 Å². The van der Waals surface area contributed by atoms with Crippen molar-refractivity contribution in [2.24, 2.45) is 0 Å². The molecule has 0 bridgehead atoms. The Hall–Kier alpha value is -0.840. The summed E-state index contributed by atoms with van der Waals surface area (Å²) in [5, 5.41) is 0. The fourth-order valence-corrected chi connectivity index (χ4v) is 3.41. The van der Waals surface area contributed by atoms with Crippen LogP contribution in [0.4, 0.5) is 0 Å². The standard InChI is InChI=1S/C14H19ClN2OS/c1-2-7-16(10-12-5-6-13(15)19-12)11-14(18)17-8-3-4-9-17/h2,5-6H,1,3-4,7-11H2. The second-order valence-corrected chi connectivity index (χ2v) is 6.55. The minimum absolute atomic E-state index is 0.224. The smallest absolute Gasteiger partial charge is 0.236 e. The minimum atomic E-state index is 0.224. The Morgan fingerprint density at radius 3 is 2.79 bits per heavy atom. The summed E-state index contributed by atoms with van der Waals surface area (Å²) in [5.41, 5.74) is 0. The van der Waals surface area contributed by atoms with E-state index in [2.05, 4.69) is 11.5 Å². The Labute approximate surface area is 123 Å². The normalized spacial score (nSPS) is 15.2. The van der Waals surface area contributed by atoms with E-state index in [1.54, 1.807) is 11.3 Å². The maximum Gasteiger partial charge on any atom is 0.236 e. The summed E-state index contributed by atoms with van der Waals surface area (Å²) in [6, 6.07) is 3.92. The molecule has 1 saturated heterocycles. The van der Waals surface area contributed by atoms with E-state index in [0.29, 0.717) is 6.54 Å². The highest BCUT2D eigenvalue weighted by atomic mass is 35.5. The van der Waals surface area contributed by atoms with Gasteiger partial charge in [-0.15, -0.1) is 17.9 Å². The van der Waals surface area contributed by atoms with Gasteiger partial charge >= 0.3 is 0 Å². The number of nitrogens with zero attached hydrogens (tertiary/aromatic N) is 2. The Balaban J connectivity index is 1.91. The first kappa shape index (κ1) is 14.6. The van der Waals surface area contributed by atoms with Gasteiger partial charge in [-0.1, -0.05) is 17.7 Å². The molecule has 1 aromatic heterocycles. The van der Waals surface area contributed by atoms with Crippen LogP contribution in [0.3, 0.4) is 0 Å². The van der Waals surface area contributed by atoms with E-state index in [1.165, 1.54) is 4.88 Å². The van der Waals surface area contributed by atoms with Crippen LogP contribution in [0, 0.1) is 0 Å². The number of hydrogen-bond acceptors (Lipinski definition) is 3. The van der Waals surface area contributed by atoms with Gasteiger partial charge < -0.3 is 4.90 Å². The van der Waals surface area contributed by atoms with Crippen LogP contribution < -0.4 is 0 Å². The molecular formula is C14H19ClN2OS. The van der Waals surface area contributed by atoms with Crippen molar-refractivity contribution >= 4 is 28.8 Å². The first-order valence-electron chi connectivity index (χ1n) is 6.54. The van der Waals surface area contributed by atoms with Gasteiger partial charge in [0.2, 0.25) is 5.91 Å². The second-order valence-electron chi connectivity index (χ2n) is 4.75. The summed E-state index contributed by atoms with van der Waals surface area (Å²) in [6.07, 6.45) is 4.11. The van der Waals surface area contributed by atoms with Crippen molar-refractivity contribution in [1.82, 2.24) is 9.80 Å².